The van der Waals surface area contributed by atoms with Gasteiger partial charge in [0.1, 0.15) is 0 Å². The van der Waals surface area contributed by atoms with E-state index < -0.39 is 17.8 Å². The van der Waals surface area contributed by atoms with Gasteiger partial charge >= 0.3 is 12.2 Å². The van der Waals surface area contributed by atoms with E-state index in [1.54, 1.807) is 0 Å². The van der Waals surface area contributed by atoms with Crippen molar-refractivity contribution in [3.63, 3.8) is 0 Å². The van der Waals surface area contributed by atoms with Crippen molar-refractivity contribution in [1.82, 2.24) is 4.90 Å². The Morgan fingerprint density at radius 2 is 2.05 bits per heavy atom. The molecule has 0 heterocycles. The molecule has 0 aliphatic heterocycles. The van der Waals surface area contributed by atoms with Crippen LogP contribution < -0.4 is 5.32 Å². The molecule has 0 aromatic heterocycles. The molecule has 1 saturated carbocycles. The van der Waals surface area contributed by atoms with Gasteiger partial charge in [0.15, 0.2) is 0 Å². The highest BCUT2D eigenvalue weighted by Gasteiger charge is 2.34. The summed E-state index contributed by atoms with van der Waals surface area (Å²) in [6.45, 7) is 0.556. The van der Waals surface area contributed by atoms with Crippen LogP contribution in [0.3, 0.4) is 0 Å². The molecular weight excluding hydrogens is 281 g/mol. The van der Waals surface area contributed by atoms with Crippen molar-refractivity contribution in [3.05, 3.63) is 29.8 Å². The molecule has 21 heavy (non-hydrogen) atoms. The second-order valence-corrected chi connectivity index (χ2v) is 5.00. The lowest BCUT2D eigenvalue weighted by molar-refractivity contribution is -0.136. The van der Waals surface area contributed by atoms with Crippen LogP contribution in [0.15, 0.2) is 24.3 Å². The van der Waals surface area contributed by atoms with Crippen LogP contribution in [0, 0.1) is 18.3 Å². The maximum atomic E-state index is 12.9. The van der Waals surface area contributed by atoms with Crippen LogP contribution in [0.1, 0.15) is 18.4 Å². The lowest BCUT2D eigenvalue weighted by atomic mass is 10.1. The molecule has 112 valence electrons. The minimum absolute atomic E-state index is 0.0799. The van der Waals surface area contributed by atoms with Gasteiger partial charge in [-0.3, -0.25) is 0 Å². The zero-order valence-corrected chi connectivity index (χ0v) is 11.3. The number of alkyl halides is 3. The minimum atomic E-state index is -4.52. The van der Waals surface area contributed by atoms with Gasteiger partial charge in [0.25, 0.3) is 0 Å². The zero-order chi connectivity index (χ0) is 15.5. The molecule has 1 aromatic carbocycles. The Hall–Kier alpha value is -2.16. The van der Waals surface area contributed by atoms with E-state index in [-0.39, 0.29) is 12.2 Å². The van der Waals surface area contributed by atoms with Gasteiger partial charge in [-0.25, -0.2) is 4.79 Å². The molecule has 0 saturated heterocycles. The predicted octanol–water partition coefficient (Wildman–Crippen LogP) is 3.58. The highest BCUT2D eigenvalue weighted by atomic mass is 19.4. The first-order valence-electron chi connectivity index (χ1n) is 6.57. The Labute approximate surface area is 121 Å². The van der Waals surface area contributed by atoms with Gasteiger partial charge in [-0.05, 0) is 30.9 Å². The van der Waals surface area contributed by atoms with Gasteiger partial charge in [0, 0.05) is 6.54 Å². The van der Waals surface area contributed by atoms with Crippen LogP contribution in [0.5, 0.6) is 0 Å². The Kier molecular flexibility index (Phi) is 4.41. The van der Waals surface area contributed by atoms with Crippen molar-refractivity contribution >= 4 is 11.7 Å². The number of rotatable bonds is 4. The number of halogens is 3. The first-order chi connectivity index (χ1) is 9.91. The molecule has 0 atom stereocenters. The standard InChI is InChI=1S/C15H15F3N2O/c1-2-9-20(10-11-7-8-11)14(21)19-13-6-4-3-5-12(13)15(16,17)18/h1,3-6,11H,7-10H2,(H,19,21). The second-order valence-electron chi connectivity index (χ2n) is 5.00. The smallest absolute Gasteiger partial charge is 0.313 e. The minimum Gasteiger partial charge on any atom is -0.313 e. The third-order valence-corrected chi connectivity index (χ3v) is 3.22. The third kappa shape index (κ3) is 4.15. The van der Waals surface area contributed by atoms with Crippen molar-refractivity contribution in [2.75, 3.05) is 18.4 Å². The molecule has 6 heteroatoms. The molecule has 3 nitrogen and oxygen atoms in total. The molecule has 1 aliphatic rings. The van der Waals surface area contributed by atoms with Crippen LogP contribution in [0.2, 0.25) is 0 Å². The monoisotopic (exact) mass is 296 g/mol. The van der Waals surface area contributed by atoms with E-state index in [2.05, 4.69) is 11.2 Å². The summed E-state index contributed by atoms with van der Waals surface area (Å²) in [7, 11) is 0. The van der Waals surface area contributed by atoms with E-state index in [1.165, 1.54) is 23.1 Å². The van der Waals surface area contributed by atoms with Crippen molar-refractivity contribution in [2.45, 2.75) is 19.0 Å². The van der Waals surface area contributed by atoms with Crippen LogP contribution in [0.25, 0.3) is 0 Å². The molecule has 2 amide bonds. The first kappa shape index (κ1) is 15.2. The van der Waals surface area contributed by atoms with Crippen LogP contribution in [-0.4, -0.2) is 24.0 Å². The van der Waals surface area contributed by atoms with Gasteiger partial charge < -0.3 is 10.2 Å². The maximum Gasteiger partial charge on any atom is 0.418 e. The Balaban J connectivity index is 2.12. The molecule has 0 spiro atoms. The van der Waals surface area contributed by atoms with E-state index in [4.69, 9.17) is 6.42 Å². The molecule has 1 fully saturated rings. The van der Waals surface area contributed by atoms with Crippen molar-refractivity contribution in [1.29, 1.82) is 0 Å². The van der Waals surface area contributed by atoms with E-state index in [9.17, 15) is 18.0 Å². The predicted molar refractivity (Wildman–Crippen MR) is 73.6 cm³/mol. The summed E-state index contributed by atoms with van der Waals surface area (Å²) in [5.41, 5.74) is -1.13. The normalized spacial score (nSPS) is 14.4. The summed E-state index contributed by atoms with van der Waals surface area (Å²) in [5.74, 6) is 2.76. The first-order valence-corrected chi connectivity index (χ1v) is 6.57. The molecule has 1 aliphatic carbocycles. The van der Waals surface area contributed by atoms with Gasteiger partial charge in [-0.1, -0.05) is 18.1 Å². The number of terminal acetylenes is 1. The largest absolute Gasteiger partial charge is 0.418 e. The average molecular weight is 296 g/mol. The summed E-state index contributed by atoms with van der Waals surface area (Å²) in [6.07, 6.45) is 2.73. The van der Waals surface area contributed by atoms with E-state index in [0.29, 0.717) is 12.5 Å². The van der Waals surface area contributed by atoms with Crippen molar-refractivity contribution in [3.8, 4) is 12.3 Å². The number of anilines is 1. The number of nitrogens with one attached hydrogen (secondary N) is 1. The molecule has 0 unspecified atom stereocenters. The average Bonchev–Trinajstić information content (AvgIpc) is 3.21. The Bertz CT molecular complexity index is 559. The second kappa shape index (κ2) is 6.08. The number of hydrogen-bond donors (Lipinski definition) is 1. The van der Waals surface area contributed by atoms with E-state index in [0.717, 1.165) is 18.9 Å². The number of hydrogen-bond acceptors (Lipinski definition) is 1. The van der Waals surface area contributed by atoms with Crippen molar-refractivity contribution in [2.24, 2.45) is 5.92 Å². The van der Waals surface area contributed by atoms with E-state index in [1.807, 2.05) is 0 Å². The van der Waals surface area contributed by atoms with Crippen LogP contribution in [-0.2, 0) is 6.18 Å². The number of amides is 2. The van der Waals surface area contributed by atoms with Crippen molar-refractivity contribution < 1.29 is 18.0 Å². The number of benzene rings is 1. The molecule has 1 N–H and O–H groups in total. The fourth-order valence-corrected chi connectivity index (χ4v) is 1.98. The molecule has 1 aromatic rings. The highest BCUT2D eigenvalue weighted by molar-refractivity contribution is 5.90. The Morgan fingerprint density at radius 3 is 2.62 bits per heavy atom. The summed E-state index contributed by atoms with van der Waals surface area (Å²) < 4.78 is 38.6. The summed E-state index contributed by atoms with van der Waals surface area (Å²) >= 11 is 0. The van der Waals surface area contributed by atoms with Gasteiger partial charge in [-0.15, -0.1) is 6.42 Å². The summed E-state index contributed by atoms with van der Waals surface area (Å²) in [4.78, 5) is 13.5. The zero-order valence-electron chi connectivity index (χ0n) is 11.3. The SMILES string of the molecule is C#CCN(CC1CC1)C(=O)Nc1ccccc1C(F)(F)F. The summed E-state index contributed by atoms with van der Waals surface area (Å²) in [5, 5.41) is 2.31. The number of para-hydroxylation sites is 1. The molecule has 0 radical (unpaired) electrons. The van der Waals surface area contributed by atoms with Crippen LogP contribution in [0.4, 0.5) is 23.7 Å². The molecule has 0 bridgehead atoms. The fourth-order valence-electron chi connectivity index (χ4n) is 1.98. The Morgan fingerprint density at radius 1 is 1.38 bits per heavy atom. The molecule has 2 rings (SSSR count). The van der Waals surface area contributed by atoms with Gasteiger partial charge in [0.05, 0.1) is 17.8 Å². The number of nitrogens with zero attached hydrogens (tertiary/aromatic N) is 1. The topological polar surface area (TPSA) is 32.3 Å². The highest BCUT2D eigenvalue weighted by Crippen LogP contribution is 2.35. The number of urea groups is 1. The van der Waals surface area contributed by atoms with Crippen LogP contribution >= 0.6 is 0 Å². The summed E-state index contributed by atoms with van der Waals surface area (Å²) in [6, 6.07) is 4.28. The van der Waals surface area contributed by atoms with Gasteiger partial charge in [0.2, 0.25) is 0 Å². The maximum absolute atomic E-state index is 12.9. The van der Waals surface area contributed by atoms with Gasteiger partial charge in [-0.2, -0.15) is 13.2 Å². The fraction of sp³-hybridized carbons (Fsp3) is 0.400. The quantitative estimate of drug-likeness (QED) is 0.846. The lowest BCUT2D eigenvalue weighted by Crippen LogP contribution is -2.37. The lowest BCUT2D eigenvalue weighted by Gasteiger charge is -2.22. The number of carbonyl (C=O) groups is 1. The van der Waals surface area contributed by atoms with E-state index >= 15 is 0 Å². The molecular formula is C15H15F3N2O. The number of carbonyl (C=O) groups excluding carboxylic acids is 1. The third-order valence-electron chi connectivity index (χ3n) is 3.22.